The molecule has 0 radical (unpaired) electrons. The summed E-state index contributed by atoms with van der Waals surface area (Å²) in [6.45, 7) is 18.4. The Hall–Kier alpha value is -2.86. The van der Waals surface area contributed by atoms with Gasteiger partial charge >= 0.3 is 0 Å². The average molecular weight is 447 g/mol. The lowest BCUT2D eigenvalue weighted by Gasteiger charge is -2.27. The zero-order chi connectivity index (χ0) is 24.4. The SMILES string of the molecule is Cc1ccc(C2=C(c3c(C(C)(C)C)ccc4c3Cc3cc(C(C)(C)C)ccc3-4)CC=C2)c(C)c1. The predicted octanol–water partition coefficient (Wildman–Crippen LogP) is 9.34. The van der Waals surface area contributed by atoms with Crippen LogP contribution in [0, 0.1) is 13.8 Å². The van der Waals surface area contributed by atoms with Crippen LogP contribution in [0.1, 0.15) is 92.5 Å². The summed E-state index contributed by atoms with van der Waals surface area (Å²) in [7, 11) is 0. The van der Waals surface area contributed by atoms with Crippen LogP contribution < -0.4 is 0 Å². The Labute approximate surface area is 206 Å². The van der Waals surface area contributed by atoms with E-state index in [1.807, 2.05) is 0 Å². The fourth-order valence-electron chi connectivity index (χ4n) is 5.82. The number of aryl methyl sites for hydroxylation is 2. The standard InChI is InChI=1S/C34H38/c1-21-12-14-25(22(2)18-21)27-10-9-11-29(27)32-30-20-23-19-24(33(3,4)5)13-15-26(23)28(30)16-17-31(32)34(6,7)8/h9-10,12-19H,11,20H2,1-8H3. The first-order valence-electron chi connectivity index (χ1n) is 12.7. The number of rotatable bonds is 2. The third kappa shape index (κ3) is 3.78. The molecule has 0 nitrogen and oxygen atoms in total. The van der Waals surface area contributed by atoms with Crippen molar-refractivity contribution in [3.63, 3.8) is 0 Å². The predicted molar refractivity (Wildman–Crippen MR) is 149 cm³/mol. The van der Waals surface area contributed by atoms with Crippen LogP contribution in [0.2, 0.25) is 0 Å². The van der Waals surface area contributed by atoms with E-state index in [1.54, 1.807) is 0 Å². The topological polar surface area (TPSA) is 0 Å². The highest BCUT2D eigenvalue weighted by molar-refractivity contribution is 6.02. The quantitative estimate of drug-likeness (QED) is 0.288. The molecule has 0 N–H and O–H groups in total. The van der Waals surface area contributed by atoms with E-state index in [9.17, 15) is 0 Å². The van der Waals surface area contributed by atoms with Crippen LogP contribution in [-0.2, 0) is 17.3 Å². The molecule has 0 unspecified atom stereocenters. The third-order valence-electron chi connectivity index (χ3n) is 7.66. The molecule has 0 fully saturated rings. The van der Waals surface area contributed by atoms with Crippen molar-refractivity contribution in [3.8, 4) is 11.1 Å². The van der Waals surface area contributed by atoms with Gasteiger partial charge in [0.2, 0.25) is 0 Å². The van der Waals surface area contributed by atoms with Crippen LogP contribution in [0.4, 0.5) is 0 Å². The Morgan fingerprint density at radius 2 is 1.41 bits per heavy atom. The van der Waals surface area contributed by atoms with Crippen molar-refractivity contribution in [1.29, 1.82) is 0 Å². The first-order valence-corrected chi connectivity index (χ1v) is 12.7. The molecule has 3 aromatic carbocycles. The Balaban J connectivity index is 1.75. The summed E-state index contributed by atoms with van der Waals surface area (Å²) < 4.78 is 0. The molecule has 0 spiro atoms. The molecule has 0 heteroatoms. The maximum Gasteiger partial charge on any atom is -0.000719 e. The number of hydrogen-bond donors (Lipinski definition) is 0. The number of allylic oxidation sites excluding steroid dienone is 4. The van der Waals surface area contributed by atoms with Gasteiger partial charge in [-0.2, -0.15) is 0 Å². The normalized spacial score (nSPS) is 15.2. The van der Waals surface area contributed by atoms with Gasteiger partial charge in [0, 0.05) is 0 Å². The van der Waals surface area contributed by atoms with Crippen molar-refractivity contribution in [2.24, 2.45) is 0 Å². The van der Waals surface area contributed by atoms with Crippen molar-refractivity contribution < 1.29 is 0 Å². The highest BCUT2D eigenvalue weighted by Gasteiger charge is 2.31. The monoisotopic (exact) mass is 446 g/mol. The summed E-state index contributed by atoms with van der Waals surface area (Å²) in [6.07, 6.45) is 6.75. The minimum Gasteiger partial charge on any atom is -0.0795 e. The lowest BCUT2D eigenvalue weighted by atomic mass is 9.77. The largest absolute Gasteiger partial charge is 0.0795 e. The van der Waals surface area contributed by atoms with Crippen molar-refractivity contribution in [1.82, 2.24) is 0 Å². The second-order valence-corrected chi connectivity index (χ2v) is 12.4. The van der Waals surface area contributed by atoms with Gasteiger partial charge in [0.1, 0.15) is 0 Å². The second kappa shape index (κ2) is 7.84. The van der Waals surface area contributed by atoms with Crippen LogP contribution in [-0.4, -0.2) is 0 Å². The maximum atomic E-state index is 2.46. The summed E-state index contributed by atoms with van der Waals surface area (Å²) in [5, 5.41) is 0. The van der Waals surface area contributed by atoms with E-state index in [-0.39, 0.29) is 10.8 Å². The first kappa shape index (κ1) is 22.9. The molecule has 0 amide bonds. The molecular formula is C34H38. The van der Waals surface area contributed by atoms with E-state index in [0.717, 1.165) is 12.8 Å². The second-order valence-electron chi connectivity index (χ2n) is 12.4. The molecular weight excluding hydrogens is 408 g/mol. The summed E-state index contributed by atoms with van der Waals surface area (Å²) >= 11 is 0. The maximum absolute atomic E-state index is 2.46. The highest BCUT2D eigenvalue weighted by atomic mass is 14.3. The average Bonchev–Trinajstić information content (AvgIpc) is 3.35. The number of benzene rings is 3. The lowest BCUT2D eigenvalue weighted by molar-refractivity contribution is 0.588. The molecule has 0 bridgehead atoms. The first-order chi connectivity index (χ1) is 15.9. The van der Waals surface area contributed by atoms with Crippen LogP contribution >= 0.6 is 0 Å². The van der Waals surface area contributed by atoms with E-state index in [2.05, 4.69) is 116 Å². The molecule has 2 aliphatic carbocycles. The molecule has 0 aromatic heterocycles. The van der Waals surface area contributed by atoms with Crippen LogP contribution in [0.15, 0.2) is 60.7 Å². The van der Waals surface area contributed by atoms with Crippen molar-refractivity contribution in [3.05, 3.63) is 105 Å². The Morgan fingerprint density at radius 3 is 2.09 bits per heavy atom. The third-order valence-corrected chi connectivity index (χ3v) is 7.66. The van der Waals surface area contributed by atoms with Gasteiger partial charge in [0.25, 0.3) is 0 Å². The molecule has 0 atom stereocenters. The van der Waals surface area contributed by atoms with E-state index in [4.69, 9.17) is 0 Å². The molecule has 3 aromatic rings. The van der Waals surface area contributed by atoms with Gasteiger partial charge in [0.15, 0.2) is 0 Å². The molecule has 2 aliphatic rings. The molecule has 174 valence electrons. The fraction of sp³-hybridized carbons (Fsp3) is 0.353. The summed E-state index contributed by atoms with van der Waals surface area (Å²) in [4.78, 5) is 0. The minimum absolute atomic E-state index is 0.0821. The van der Waals surface area contributed by atoms with Gasteiger partial charge in [-0.1, -0.05) is 108 Å². The lowest BCUT2D eigenvalue weighted by Crippen LogP contribution is -2.15. The smallest absolute Gasteiger partial charge is 0.000719 e. The minimum atomic E-state index is 0.0821. The number of fused-ring (bicyclic) bond motifs is 3. The van der Waals surface area contributed by atoms with E-state index in [0.29, 0.717) is 0 Å². The Morgan fingerprint density at radius 1 is 0.706 bits per heavy atom. The molecule has 0 saturated carbocycles. The highest BCUT2D eigenvalue weighted by Crippen LogP contribution is 2.48. The number of hydrogen-bond acceptors (Lipinski definition) is 0. The fourth-order valence-corrected chi connectivity index (χ4v) is 5.82. The molecule has 5 rings (SSSR count). The van der Waals surface area contributed by atoms with E-state index < -0.39 is 0 Å². The van der Waals surface area contributed by atoms with Gasteiger partial charge in [-0.05, 0) is 98.7 Å². The van der Waals surface area contributed by atoms with Crippen molar-refractivity contribution in [2.75, 3.05) is 0 Å². The van der Waals surface area contributed by atoms with Gasteiger partial charge in [-0.15, -0.1) is 0 Å². The molecule has 0 saturated heterocycles. The van der Waals surface area contributed by atoms with Crippen LogP contribution in [0.3, 0.4) is 0 Å². The molecule has 34 heavy (non-hydrogen) atoms. The van der Waals surface area contributed by atoms with Crippen LogP contribution in [0.25, 0.3) is 22.3 Å². The molecule has 0 aliphatic heterocycles. The van der Waals surface area contributed by atoms with E-state index in [1.165, 1.54) is 66.8 Å². The van der Waals surface area contributed by atoms with Crippen molar-refractivity contribution in [2.45, 2.75) is 79.1 Å². The van der Waals surface area contributed by atoms with E-state index >= 15 is 0 Å². The van der Waals surface area contributed by atoms with Gasteiger partial charge in [-0.25, -0.2) is 0 Å². The zero-order valence-electron chi connectivity index (χ0n) is 22.2. The summed E-state index contributed by atoms with van der Waals surface area (Å²) in [5.74, 6) is 0. The van der Waals surface area contributed by atoms with Crippen molar-refractivity contribution >= 4 is 11.1 Å². The van der Waals surface area contributed by atoms with Gasteiger partial charge in [-0.3, -0.25) is 0 Å². The zero-order valence-corrected chi connectivity index (χ0v) is 22.2. The van der Waals surface area contributed by atoms with Gasteiger partial charge < -0.3 is 0 Å². The Kier molecular flexibility index (Phi) is 5.28. The molecule has 0 heterocycles. The summed E-state index contributed by atoms with van der Waals surface area (Å²) in [6, 6.07) is 18.9. The van der Waals surface area contributed by atoms with Gasteiger partial charge in [0.05, 0.1) is 0 Å². The Bertz CT molecular complexity index is 1360. The summed E-state index contributed by atoms with van der Waals surface area (Å²) in [5.41, 5.74) is 17.5. The van der Waals surface area contributed by atoms with Crippen LogP contribution in [0.5, 0.6) is 0 Å².